The lowest BCUT2D eigenvalue weighted by molar-refractivity contribution is 0.208. The smallest absolute Gasteiger partial charge is 0.00645 e. The Morgan fingerprint density at radius 3 is 2.79 bits per heavy atom. The predicted molar refractivity (Wildman–Crippen MR) is 61.4 cm³/mol. The molecule has 1 heterocycles. The first-order valence-corrected chi connectivity index (χ1v) is 6.39. The van der Waals surface area contributed by atoms with Crippen LogP contribution in [0.25, 0.3) is 0 Å². The lowest BCUT2D eigenvalue weighted by Crippen LogP contribution is -2.32. The van der Waals surface area contributed by atoms with Gasteiger partial charge in [-0.15, -0.1) is 0 Å². The summed E-state index contributed by atoms with van der Waals surface area (Å²) in [5.41, 5.74) is 0.739. The molecule has 14 heavy (non-hydrogen) atoms. The summed E-state index contributed by atoms with van der Waals surface area (Å²) in [6, 6.07) is 0.810. The summed E-state index contributed by atoms with van der Waals surface area (Å²) in [7, 11) is 0. The lowest BCUT2D eigenvalue weighted by atomic mass is 9.85. The van der Waals surface area contributed by atoms with Gasteiger partial charge in [0.25, 0.3) is 0 Å². The van der Waals surface area contributed by atoms with E-state index in [0.717, 1.165) is 17.4 Å². The normalized spacial score (nSPS) is 40.9. The Morgan fingerprint density at radius 1 is 1.43 bits per heavy atom. The Balaban J connectivity index is 1.94. The molecule has 0 N–H and O–H groups in total. The largest absolute Gasteiger partial charge is 0.300 e. The highest BCUT2D eigenvalue weighted by molar-refractivity contribution is 4.96. The van der Waals surface area contributed by atoms with Crippen LogP contribution in [0.5, 0.6) is 0 Å². The van der Waals surface area contributed by atoms with Crippen molar-refractivity contribution < 1.29 is 0 Å². The fourth-order valence-corrected chi connectivity index (χ4v) is 3.47. The number of rotatable bonds is 2. The summed E-state index contributed by atoms with van der Waals surface area (Å²) in [5, 5.41) is 0. The van der Waals surface area contributed by atoms with Gasteiger partial charge in [-0.25, -0.2) is 0 Å². The van der Waals surface area contributed by atoms with E-state index in [1.807, 2.05) is 0 Å². The van der Waals surface area contributed by atoms with E-state index in [4.69, 9.17) is 0 Å². The van der Waals surface area contributed by atoms with Crippen molar-refractivity contribution >= 4 is 0 Å². The highest BCUT2D eigenvalue weighted by Crippen LogP contribution is 2.48. The molecular formula is C13H25N. The van der Waals surface area contributed by atoms with Gasteiger partial charge in [0.2, 0.25) is 0 Å². The average Bonchev–Trinajstić information content (AvgIpc) is 2.74. The lowest BCUT2D eigenvalue weighted by Gasteiger charge is -2.27. The fourth-order valence-electron chi connectivity index (χ4n) is 3.47. The van der Waals surface area contributed by atoms with Crippen molar-refractivity contribution in [3.05, 3.63) is 0 Å². The monoisotopic (exact) mass is 195 g/mol. The summed E-state index contributed by atoms with van der Waals surface area (Å²) in [5.74, 6) is 0.992. The molecule has 1 nitrogen and oxygen atoms in total. The molecule has 2 rings (SSSR count). The second-order valence-electron chi connectivity index (χ2n) is 5.83. The van der Waals surface area contributed by atoms with Gasteiger partial charge in [0.05, 0.1) is 0 Å². The minimum Gasteiger partial charge on any atom is -0.300 e. The Kier molecular flexibility index (Phi) is 2.88. The van der Waals surface area contributed by atoms with Gasteiger partial charge >= 0.3 is 0 Å². The molecule has 3 atom stereocenters. The molecule has 1 aliphatic carbocycles. The number of hydrogen-bond donors (Lipinski definition) is 0. The molecular weight excluding hydrogens is 170 g/mol. The van der Waals surface area contributed by atoms with Crippen LogP contribution in [-0.2, 0) is 0 Å². The van der Waals surface area contributed by atoms with Crippen LogP contribution in [0.2, 0.25) is 0 Å². The molecule has 0 aromatic rings. The van der Waals surface area contributed by atoms with Crippen molar-refractivity contribution in [3.8, 4) is 0 Å². The van der Waals surface area contributed by atoms with Crippen LogP contribution in [0.4, 0.5) is 0 Å². The maximum atomic E-state index is 2.72. The van der Waals surface area contributed by atoms with Crippen molar-refractivity contribution in [1.29, 1.82) is 0 Å². The van der Waals surface area contributed by atoms with E-state index < -0.39 is 0 Å². The van der Waals surface area contributed by atoms with Crippen LogP contribution < -0.4 is 0 Å². The van der Waals surface area contributed by atoms with Crippen molar-refractivity contribution in [2.75, 3.05) is 13.1 Å². The van der Waals surface area contributed by atoms with Crippen LogP contribution in [-0.4, -0.2) is 24.0 Å². The molecule has 0 bridgehead atoms. The van der Waals surface area contributed by atoms with Crippen molar-refractivity contribution in [2.24, 2.45) is 11.3 Å². The highest BCUT2D eigenvalue weighted by atomic mass is 15.2. The molecule has 0 aromatic heterocycles. The van der Waals surface area contributed by atoms with Crippen molar-refractivity contribution in [1.82, 2.24) is 4.90 Å². The van der Waals surface area contributed by atoms with Gasteiger partial charge in [0.15, 0.2) is 0 Å². The molecule has 1 heteroatoms. The molecule has 3 unspecified atom stereocenters. The Morgan fingerprint density at radius 2 is 2.21 bits per heavy atom. The minimum atomic E-state index is 0.739. The van der Waals surface area contributed by atoms with Crippen LogP contribution in [0.1, 0.15) is 52.9 Å². The Bertz CT molecular complexity index is 201. The molecule has 2 fully saturated rings. The molecule has 0 aromatic carbocycles. The van der Waals surface area contributed by atoms with Gasteiger partial charge in [-0.05, 0) is 50.5 Å². The van der Waals surface area contributed by atoms with Gasteiger partial charge in [-0.1, -0.05) is 20.3 Å². The molecule has 2 aliphatic rings. The standard InChI is InChI=1S/C13H25N/c1-4-12(3)14-8-7-13(10-14)6-5-11(2)9-13/h11-12H,4-10H2,1-3H3. The first kappa shape index (κ1) is 10.5. The number of nitrogens with zero attached hydrogens (tertiary/aromatic N) is 1. The van der Waals surface area contributed by atoms with Crippen LogP contribution in [0.15, 0.2) is 0 Å². The molecule has 1 aliphatic heterocycles. The number of likely N-dealkylation sites (tertiary alicyclic amines) is 1. The van der Waals surface area contributed by atoms with E-state index in [-0.39, 0.29) is 0 Å². The summed E-state index contributed by atoms with van der Waals surface area (Å²) in [6.07, 6.45) is 7.27. The average molecular weight is 195 g/mol. The first-order chi connectivity index (χ1) is 6.65. The van der Waals surface area contributed by atoms with E-state index >= 15 is 0 Å². The third-order valence-corrected chi connectivity index (χ3v) is 4.63. The summed E-state index contributed by atoms with van der Waals surface area (Å²) >= 11 is 0. The molecule has 0 radical (unpaired) electrons. The SMILES string of the molecule is CCC(C)N1CCC2(CCC(C)C2)C1. The van der Waals surface area contributed by atoms with Gasteiger partial charge in [0.1, 0.15) is 0 Å². The Labute approximate surface area is 88.9 Å². The van der Waals surface area contributed by atoms with E-state index in [1.54, 1.807) is 0 Å². The van der Waals surface area contributed by atoms with E-state index in [1.165, 1.54) is 45.2 Å². The molecule has 1 saturated carbocycles. The van der Waals surface area contributed by atoms with E-state index in [0.29, 0.717) is 0 Å². The zero-order valence-electron chi connectivity index (χ0n) is 10.1. The quantitative estimate of drug-likeness (QED) is 0.653. The fraction of sp³-hybridized carbons (Fsp3) is 1.00. The molecule has 0 amide bonds. The molecule has 1 spiro atoms. The zero-order chi connectivity index (χ0) is 10.2. The predicted octanol–water partition coefficient (Wildman–Crippen LogP) is 3.30. The zero-order valence-corrected chi connectivity index (χ0v) is 10.1. The maximum absolute atomic E-state index is 2.72. The Hall–Kier alpha value is -0.0400. The third-order valence-electron chi connectivity index (χ3n) is 4.63. The first-order valence-electron chi connectivity index (χ1n) is 6.39. The minimum absolute atomic E-state index is 0.739. The van der Waals surface area contributed by atoms with Crippen molar-refractivity contribution in [3.63, 3.8) is 0 Å². The van der Waals surface area contributed by atoms with Gasteiger partial charge < -0.3 is 4.90 Å². The van der Waals surface area contributed by atoms with Gasteiger partial charge in [-0.2, -0.15) is 0 Å². The third kappa shape index (κ3) is 1.84. The van der Waals surface area contributed by atoms with Crippen LogP contribution in [0.3, 0.4) is 0 Å². The maximum Gasteiger partial charge on any atom is 0.00645 e. The highest BCUT2D eigenvalue weighted by Gasteiger charge is 2.43. The van der Waals surface area contributed by atoms with Crippen molar-refractivity contribution in [2.45, 2.75) is 58.9 Å². The van der Waals surface area contributed by atoms with E-state index in [2.05, 4.69) is 25.7 Å². The second-order valence-corrected chi connectivity index (χ2v) is 5.83. The summed E-state index contributed by atoms with van der Waals surface area (Å²) in [6.45, 7) is 9.89. The summed E-state index contributed by atoms with van der Waals surface area (Å²) in [4.78, 5) is 2.72. The van der Waals surface area contributed by atoms with Crippen LogP contribution in [0, 0.1) is 11.3 Å². The van der Waals surface area contributed by atoms with E-state index in [9.17, 15) is 0 Å². The second kappa shape index (κ2) is 3.84. The van der Waals surface area contributed by atoms with Crippen LogP contribution >= 0.6 is 0 Å². The number of hydrogen-bond acceptors (Lipinski definition) is 1. The topological polar surface area (TPSA) is 3.24 Å². The molecule has 82 valence electrons. The summed E-state index contributed by atoms with van der Waals surface area (Å²) < 4.78 is 0. The molecule has 1 saturated heterocycles. The van der Waals surface area contributed by atoms with Gasteiger partial charge in [-0.3, -0.25) is 0 Å². The van der Waals surface area contributed by atoms with Gasteiger partial charge in [0, 0.05) is 12.6 Å².